The van der Waals surface area contributed by atoms with E-state index < -0.39 is 5.91 Å². The quantitative estimate of drug-likeness (QED) is 0.595. The smallest absolute Gasteiger partial charge is 0.270 e. The lowest BCUT2D eigenvalue weighted by molar-refractivity contribution is -0.123. The van der Waals surface area contributed by atoms with Gasteiger partial charge in [-0.25, -0.2) is 0 Å². The first-order valence-corrected chi connectivity index (χ1v) is 9.07. The van der Waals surface area contributed by atoms with Gasteiger partial charge in [-0.2, -0.15) is 0 Å². The number of hydrogen-bond acceptors (Lipinski definition) is 5. The molecule has 0 saturated carbocycles. The molecule has 0 aromatic heterocycles. The maximum Gasteiger partial charge on any atom is 0.270 e. The van der Waals surface area contributed by atoms with Gasteiger partial charge >= 0.3 is 0 Å². The number of oxime groups is 1. The van der Waals surface area contributed by atoms with Crippen LogP contribution in [0.3, 0.4) is 0 Å². The molecule has 0 unspecified atom stereocenters. The lowest BCUT2D eigenvalue weighted by atomic mass is 10.1. The minimum Gasteiger partial charge on any atom is -0.495 e. The van der Waals surface area contributed by atoms with Crippen molar-refractivity contribution in [2.24, 2.45) is 5.16 Å². The molecule has 3 rings (SSSR count). The van der Waals surface area contributed by atoms with E-state index in [1.165, 1.54) is 7.11 Å². The molecule has 1 heterocycles. The van der Waals surface area contributed by atoms with Crippen molar-refractivity contribution < 1.29 is 19.2 Å². The van der Waals surface area contributed by atoms with Gasteiger partial charge < -0.3 is 19.8 Å². The van der Waals surface area contributed by atoms with E-state index in [0.29, 0.717) is 16.5 Å². The second kappa shape index (κ2) is 8.75. The molecule has 2 aromatic carbocycles. The van der Waals surface area contributed by atoms with Gasteiger partial charge in [-0.05, 0) is 43.2 Å². The lowest BCUT2D eigenvalue weighted by Crippen LogP contribution is -2.38. The number of carbonyl (C=O) groups excluding carboxylic acids is 2. The predicted octanol–water partition coefficient (Wildman–Crippen LogP) is 3.27. The Bertz CT molecular complexity index is 916. The molecule has 1 aliphatic heterocycles. The van der Waals surface area contributed by atoms with Crippen molar-refractivity contribution in [2.45, 2.75) is 19.4 Å². The summed E-state index contributed by atoms with van der Waals surface area (Å²) in [6, 6.07) is 12.7. The molecule has 1 N–H and O–H groups in total. The van der Waals surface area contributed by atoms with Crippen LogP contribution in [0.4, 0.5) is 11.4 Å². The highest BCUT2D eigenvalue weighted by Crippen LogP contribution is 2.31. The van der Waals surface area contributed by atoms with Crippen molar-refractivity contribution in [3.05, 3.63) is 53.1 Å². The summed E-state index contributed by atoms with van der Waals surface area (Å²) in [5, 5.41) is 6.63. The van der Waals surface area contributed by atoms with Crippen LogP contribution in [0.1, 0.15) is 12.5 Å². The zero-order valence-corrected chi connectivity index (χ0v) is 16.3. The van der Waals surface area contributed by atoms with Crippen LogP contribution >= 0.6 is 11.6 Å². The van der Waals surface area contributed by atoms with Crippen LogP contribution in [0.25, 0.3) is 0 Å². The molecule has 0 bridgehead atoms. The van der Waals surface area contributed by atoms with Crippen molar-refractivity contribution in [1.82, 2.24) is 0 Å². The summed E-state index contributed by atoms with van der Waals surface area (Å²) >= 11 is 5.92. The van der Waals surface area contributed by atoms with Gasteiger partial charge in [0.2, 0.25) is 0 Å². The van der Waals surface area contributed by atoms with Gasteiger partial charge in [-0.3, -0.25) is 9.59 Å². The van der Waals surface area contributed by atoms with E-state index >= 15 is 0 Å². The molecule has 2 aromatic rings. The number of methoxy groups -OCH3 is 1. The first-order chi connectivity index (χ1) is 13.5. The largest absolute Gasteiger partial charge is 0.495 e. The average Bonchev–Trinajstić information content (AvgIpc) is 3.01. The zero-order valence-electron chi connectivity index (χ0n) is 15.5. The Morgan fingerprint density at radius 3 is 2.89 bits per heavy atom. The van der Waals surface area contributed by atoms with Crippen LogP contribution in [0, 0.1) is 0 Å². The van der Waals surface area contributed by atoms with Crippen molar-refractivity contribution in [3.8, 4) is 5.75 Å². The average molecular weight is 402 g/mol. The highest BCUT2D eigenvalue weighted by Gasteiger charge is 2.30. The Hall–Kier alpha value is -3.06. The van der Waals surface area contributed by atoms with Crippen LogP contribution in [-0.4, -0.2) is 37.8 Å². The molecule has 0 radical (unpaired) electrons. The molecule has 7 nitrogen and oxygen atoms in total. The minimum atomic E-state index is -0.534. The van der Waals surface area contributed by atoms with Crippen molar-refractivity contribution >= 4 is 41.0 Å². The van der Waals surface area contributed by atoms with E-state index in [4.69, 9.17) is 21.2 Å². The van der Waals surface area contributed by atoms with Crippen LogP contribution in [0.2, 0.25) is 5.02 Å². The minimum absolute atomic E-state index is 0.0519. The van der Waals surface area contributed by atoms with Gasteiger partial charge in [-0.1, -0.05) is 35.0 Å². The fourth-order valence-corrected chi connectivity index (χ4v) is 3.31. The fourth-order valence-electron chi connectivity index (χ4n) is 3.14. The molecule has 1 aliphatic rings. The van der Waals surface area contributed by atoms with Gasteiger partial charge in [0.1, 0.15) is 12.0 Å². The summed E-state index contributed by atoms with van der Waals surface area (Å²) in [5.41, 5.74) is 2.42. The van der Waals surface area contributed by atoms with Crippen molar-refractivity contribution in [3.63, 3.8) is 0 Å². The van der Waals surface area contributed by atoms with Crippen LogP contribution in [0.5, 0.6) is 5.75 Å². The maximum absolute atomic E-state index is 12.5. The molecule has 2 amide bonds. The number of halogens is 1. The summed E-state index contributed by atoms with van der Waals surface area (Å²) in [4.78, 5) is 31.2. The molecule has 0 fully saturated rings. The SMILES string of the molecule is COc1ccc(Cl)cc1NC(=O)/C=N\OCC(=O)N1c2ccccc2C[C@@H]1C. The Labute approximate surface area is 167 Å². The third-order valence-electron chi connectivity index (χ3n) is 4.33. The van der Waals surface area contributed by atoms with Crippen molar-refractivity contribution in [1.29, 1.82) is 0 Å². The second-order valence-corrected chi connectivity index (χ2v) is 6.72. The van der Waals surface area contributed by atoms with E-state index in [1.807, 2.05) is 31.2 Å². The molecule has 28 heavy (non-hydrogen) atoms. The third-order valence-corrected chi connectivity index (χ3v) is 4.56. The first kappa shape index (κ1) is 19.7. The topological polar surface area (TPSA) is 80.2 Å². The predicted molar refractivity (Wildman–Crippen MR) is 108 cm³/mol. The fraction of sp³-hybridized carbons (Fsp3) is 0.250. The number of benzene rings is 2. The zero-order chi connectivity index (χ0) is 20.1. The van der Waals surface area contributed by atoms with Gasteiger partial charge in [0.25, 0.3) is 11.8 Å². The van der Waals surface area contributed by atoms with Gasteiger partial charge in [0.15, 0.2) is 6.61 Å². The molecule has 0 spiro atoms. The Morgan fingerprint density at radius 1 is 1.32 bits per heavy atom. The van der Waals surface area contributed by atoms with Crippen molar-refractivity contribution in [2.75, 3.05) is 23.9 Å². The molecular formula is C20H20ClN3O4. The van der Waals surface area contributed by atoms with Gasteiger partial charge in [0, 0.05) is 16.8 Å². The number of ether oxygens (including phenoxy) is 1. The van der Waals surface area contributed by atoms with E-state index in [2.05, 4.69) is 10.5 Å². The number of fused-ring (bicyclic) bond motifs is 1. The van der Waals surface area contributed by atoms with E-state index in [0.717, 1.165) is 23.9 Å². The van der Waals surface area contributed by atoms with Gasteiger partial charge in [-0.15, -0.1) is 0 Å². The number of nitrogens with one attached hydrogen (secondary N) is 1. The molecule has 1 atom stereocenters. The highest BCUT2D eigenvalue weighted by atomic mass is 35.5. The molecule has 0 aliphatic carbocycles. The number of hydrogen-bond donors (Lipinski definition) is 1. The number of amides is 2. The number of anilines is 2. The number of rotatable bonds is 6. The number of carbonyl (C=O) groups is 2. The maximum atomic E-state index is 12.5. The second-order valence-electron chi connectivity index (χ2n) is 6.29. The molecule has 0 saturated heterocycles. The summed E-state index contributed by atoms with van der Waals surface area (Å²) in [7, 11) is 1.49. The standard InChI is InChI=1S/C20H20ClN3O4/c1-13-9-14-5-3-4-6-17(14)24(13)20(26)12-28-22-11-19(25)23-16-10-15(21)7-8-18(16)27-2/h3-8,10-11,13H,9,12H2,1-2H3,(H,23,25)/b22-11-/t13-/m0/s1. The summed E-state index contributed by atoms with van der Waals surface area (Å²) < 4.78 is 5.15. The molecule has 146 valence electrons. The number of para-hydroxylation sites is 1. The van der Waals surface area contributed by atoms with Crippen LogP contribution < -0.4 is 15.0 Å². The normalized spacial score (nSPS) is 15.4. The first-order valence-electron chi connectivity index (χ1n) is 8.69. The van der Waals surface area contributed by atoms with Gasteiger partial charge in [0.05, 0.1) is 12.8 Å². The lowest BCUT2D eigenvalue weighted by Gasteiger charge is -2.21. The Morgan fingerprint density at radius 2 is 2.11 bits per heavy atom. The summed E-state index contributed by atoms with van der Waals surface area (Å²) in [5.74, 6) is -0.289. The highest BCUT2D eigenvalue weighted by molar-refractivity contribution is 6.33. The van der Waals surface area contributed by atoms with E-state index in [9.17, 15) is 9.59 Å². The van der Waals surface area contributed by atoms with E-state index in [-0.39, 0.29) is 18.6 Å². The van der Waals surface area contributed by atoms with Crippen LogP contribution in [0.15, 0.2) is 47.6 Å². The number of nitrogens with zero attached hydrogens (tertiary/aromatic N) is 2. The summed E-state index contributed by atoms with van der Waals surface area (Å²) in [6.45, 7) is 1.72. The molecule has 8 heteroatoms. The monoisotopic (exact) mass is 401 g/mol. The summed E-state index contributed by atoms with van der Waals surface area (Å²) in [6.07, 6.45) is 1.75. The van der Waals surface area contributed by atoms with E-state index in [1.54, 1.807) is 23.1 Å². The third kappa shape index (κ3) is 4.43. The van der Waals surface area contributed by atoms with Crippen LogP contribution in [-0.2, 0) is 20.8 Å². The Balaban J connectivity index is 1.54. The Kier molecular flexibility index (Phi) is 6.16. The molecular weight excluding hydrogens is 382 g/mol.